The molecule has 6 nitrogen and oxygen atoms in total. The van der Waals surface area contributed by atoms with Gasteiger partial charge in [-0.2, -0.15) is 0 Å². The van der Waals surface area contributed by atoms with E-state index in [1.807, 2.05) is 24.3 Å². The van der Waals surface area contributed by atoms with Crippen LogP contribution in [0.3, 0.4) is 0 Å². The minimum Gasteiger partial charge on any atom is -0.496 e. The van der Waals surface area contributed by atoms with Gasteiger partial charge in [-0.15, -0.1) is 6.58 Å². The molecule has 0 aliphatic carbocycles. The van der Waals surface area contributed by atoms with Crippen molar-refractivity contribution in [3.63, 3.8) is 0 Å². The molecule has 29 heavy (non-hydrogen) atoms. The smallest absolute Gasteiger partial charge is 0.313 e. The summed E-state index contributed by atoms with van der Waals surface area (Å²) in [5, 5.41) is 1.00. The number of hydrogen-bond donors (Lipinski definition) is 0. The molecule has 1 unspecified atom stereocenters. The molecule has 2 aliphatic rings. The lowest BCUT2D eigenvalue weighted by Gasteiger charge is -2.22. The van der Waals surface area contributed by atoms with Crippen LogP contribution in [0, 0.1) is 0 Å². The highest BCUT2D eigenvalue weighted by Crippen LogP contribution is 2.37. The maximum Gasteiger partial charge on any atom is 0.313 e. The third-order valence-corrected chi connectivity index (χ3v) is 5.90. The maximum atomic E-state index is 13.1. The summed E-state index contributed by atoms with van der Waals surface area (Å²) in [6.45, 7) is 6.11. The monoisotopic (exact) mass is 388 g/mol. The molecule has 0 saturated heterocycles. The maximum absolute atomic E-state index is 13.1. The predicted molar refractivity (Wildman–Crippen MR) is 109 cm³/mol. The van der Waals surface area contributed by atoms with Crippen molar-refractivity contribution >= 4 is 16.9 Å². The van der Waals surface area contributed by atoms with Crippen LogP contribution in [-0.4, -0.2) is 22.6 Å². The zero-order chi connectivity index (χ0) is 20.3. The number of esters is 1. The average Bonchev–Trinajstić information content (AvgIpc) is 3.08. The van der Waals surface area contributed by atoms with E-state index in [4.69, 9.17) is 14.5 Å². The van der Waals surface area contributed by atoms with E-state index in [1.54, 1.807) is 18.6 Å². The van der Waals surface area contributed by atoms with Crippen LogP contribution in [0.25, 0.3) is 22.3 Å². The van der Waals surface area contributed by atoms with Crippen LogP contribution in [0.4, 0.5) is 0 Å². The summed E-state index contributed by atoms with van der Waals surface area (Å²) in [5.74, 6) is 0.0461. The quantitative estimate of drug-likeness (QED) is 0.398. The molecule has 0 radical (unpaired) electrons. The van der Waals surface area contributed by atoms with Crippen molar-refractivity contribution in [2.45, 2.75) is 32.4 Å². The highest BCUT2D eigenvalue weighted by Gasteiger charge is 2.32. The minimum absolute atomic E-state index is 0.0318. The first kappa shape index (κ1) is 17.7. The van der Waals surface area contributed by atoms with E-state index in [0.717, 1.165) is 44.7 Å². The van der Waals surface area contributed by atoms with E-state index >= 15 is 0 Å². The summed E-state index contributed by atoms with van der Waals surface area (Å²) in [4.78, 5) is 30.0. The molecule has 146 valence electrons. The van der Waals surface area contributed by atoms with E-state index in [1.165, 1.54) is 0 Å². The van der Waals surface area contributed by atoms with Gasteiger partial charge in [0.15, 0.2) is 0 Å². The molecule has 0 bridgehead atoms. The standard InChI is InChI=1S/C23H20N2O4/c1-4-5-14-16-8-13-10-25-19(21(13)24-18(16)6-7-20(14)28-3)9-15-12(2)23(27)29-11-17(15)22(25)26/h4,6-9,12H,1,5,10-11H2,2-3H3. The first-order valence-corrected chi connectivity index (χ1v) is 9.57. The van der Waals surface area contributed by atoms with Gasteiger partial charge < -0.3 is 14.0 Å². The fraction of sp³-hybridized carbons (Fsp3) is 0.261. The lowest BCUT2D eigenvalue weighted by molar-refractivity contribution is -0.147. The summed E-state index contributed by atoms with van der Waals surface area (Å²) in [6.07, 6.45) is 2.51. The van der Waals surface area contributed by atoms with Crippen LogP contribution >= 0.6 is 0 Å². The van der Waals surface area contributed by atoms with Crippen LogP contribution in [0.5, 0.6) is 5.75 Å². The number of rotatable bonds is 3. The number of ether oxygens (including phenoxy) is 2. The van der Waals surface area contributed by atoms with Crippen LogP contribution in [0.15, 0.2) is 41.7 Å². The molecular weight excluding hydrogens is 368 g/mol. The number of carbonyl (C=O) groups excluding carboxylic acids is 1. The van der Waals surface area contributed by atoms with Crippen molar-refractivity contribution in [1.29, 1.82) is 0 Å². The second-order valence-corrected chi connectivity index (χ2v) is 7.49. The number of nitrogens with zero attached hydrogens (tertiary/aromatic N) is 2. The van der Waals surface area contributed by atoms with E-state index in [-0.39, 0.29) is 18.1 Å². The number of cyclic esters (lactones) is 1. The Morgan fingerprint density at radius 1 is 1.34 bits per heavy atom. The summed E-state index contributed by atoms with van der Waals surface area (Å²) in [6, 6.07) is 7.87. The zero-order valence-corrected chi connectivity index (χ0v) is 16.3. The van der Waals surface area contributed by atoms with Gasteiger partial charge in [-0.1, -0.05) is 6.08 Å². The van der Waals surface area contributed by atoms with Gasteiger partial charge in [-0.3, -0.25) is 9.59 Å². The van der Waals surface area contributed by atoms with Crippen LogP contribution in [0.2, 0.25) is 0 Å². The van der Waals surface area contributed by atoms with Gasteiger partial charge in [0.25, 0.3) is 5.56 Å². The normalized spacial score (nSPS) is 16.8. The van der Waals surface area contributed by atoms with Gasteiger partial charge in [-0.05, 0) is 43.2 Å². The van der Waals surface area contributed by atoms with Crippen molar-refractivity contribution in [3.05, 3.63) is 69.5 Å². The Balaban J connectivity index is 1.75. The topological polar surface area (TPSA) is 70.4 Å². The molecule has 1 atom stereocenters. The molecule has 5 rings (SSSR count). The Labute approximate surface area is 167 Å². The van der Waals surface area contributed by atoms with Crippen molar-refractivity contribution in [2.24, 2.45) is 0 Å². The Hall–Kier alpha value is -3.41. The Kier molecular flexibility index (Phi) is 3.84. The summed E-state index contributed by atoms with van der Waals surface area (Å²) >= 11 is 0. The molecule has 0 saturated carbocycles. The van der Waals surface area contributed by atoms with Gasteiger partial charge in [0.1, 0.15) is 12.4 Å². The van der Waals surface area contributed by atoms with E-state index in [9.17, 15) is 9.59 Å². The summed E-state index contributed by atoms with van der Waals surface area (Å²) in [7, 11) is 1.65. The lowest BCUT2D eigenvalue weighted by atomic mass is 9.94. The van der Waals surface area contributed by atoms with Crippen LogP contribution in [0.1, 0.15) is 35.1 Å². The Morgan fingerprint density at radius 2 is 2.17 bits per heavy atom. The highest BCUT2D eigenvalue weighted by atomic mass is 16.5. The second-order valence-electron chi connectivity index (χ2n) is 7.49. The van der Waals surface area contributed by atoms with Crippen LogP contribution in [-0.2, 0) is 29.1 Å². The number of aromatic nitrogens is 2. The van der Waals surface area contributed by atoms with Crippen LogP contribution < -0.4 is 10.3 Å². The molecule has 6 heteroatoms. The second kappa shape index (κ2) is 6.30. The number of benzene rings is 1. The van der Waals surface area contributed by atoms with Crippen molar-refractivity contribution in [3.8, 4) is 17.1 Å². The Morgan fingerprint density at radius 3 is 2.93 bits per heavy atom. The first-order chi connectivity index (χ1) is 14.0. The largest absolute Gasteiger partial charge is 0.496 e. The number of allylic oxidation sites excluding steroid dienone is 1. The zero-order valence-electron chi connectivity index (χ0n) is 16.3. The molecular formula is C23H20N2O4. The third-order valence-electron chi connectivity index (χ3n) is 5.90. The lowest BCUT2D eigenvalue weighted by Crippen LogP contribution is -2.31. The van der Waals surface area contributed by atoms with E-state index in [2.05, 4.69) is 12.6 Å². The molecule has 0 fully saturated rings. The molecule has 2 aromatic heterocycles. The van der Waals surface area contributed by atoms with E-state index in [0.29, 0.717) is 18.5 Å². The van der Waals surface area contributed by atoms with Gasteiger partial charge in [0, 0.05) is 16.5 Å². The highest BCUT2D eigenvalue weighted by molar-refractivity contribution is 5.89. The molecule has 1 aromatic carbocycles. The van der Waals surface area contributed by atoms with E-state index < -0.39 is 5.92 Å². The number of pyridine rings is 2. The van der Waals surface area contributed by atoms with Crippen molar-refractivity contribution in [2.75, 3.05) is 7.11 Å². The fourth-order valence-electron chi connectivity index (χ4n) is 4.37. The molecule has 0 spiro atoms. The van der Waals surface area contributed by atoms with Crippen molar-refractivity contribution in [1.82, 2.24) is 9.55 Å². The average molecular weight is 388 g/mol. The summed E-state index contributed by atoms with van der Waals surface area (Å²) < 4.78 is 12.4. The third kappa shape index (κ3) is 2.45. The number of hydrogen-bond acceptors (Lipinski definition) is 5. The van der Waals surface area contributed by atoms with Crippen molar-refractivity contribution < 1.29 is 14.3 Å². The number of methoxy groups -OCH3 is 1. The fourth-order valence-corrected chi connectivity index (χ4v) is 4.37. The SMILES string of the molecule is C=CCc1c(OC)ccc2nc3c(cc12)Cn1c-3cc2c(c1=O)COC(=O)C2C. The summed E-state index contributed by atoms with van der Waals surface area (Å²) in [5.41, 5.74) is 5.60. The molecule has 0 amide bonds. The van der Waals surface area contributed by atoms with Gasteiger partial charge in [-0.25, -0.2) is 4.98 Å². The van der Waals surface area contributed by atoms with Gasteiger partial charge in [0.05, 0.1) is 42.0 Å². The molecule has 3 aromatic rings. The minimum atomic E-state index is -0.453. The molecule has 2 aliphatic heterocycles. The van der Waals surface area contributed by atoms with Gasteiger partial charge in [0.2, 0.25) is 0 Å². The molecule has 4 heterocycles. The van der Waals surface area contributed by atoms with Gasteiger partial charge >= 0.3 is 5.97 Å². The Bertz CT molecular complexity index is 1270. The number of fused-ring (bicyclic) bond motifs is 5. The predicted octanol–water partition coefficient (Wildman–Crippen LogP) is 3.32. The molecule has 0 N–H and O–H groups in total. The number of carbonyl (C=O) groups is 1. The first-order valence-electron chi connectivity index (χ1n) is 9.57.